The predicted molar refractivity (Wildman–Crippen MR) is 82.6 cm³/mol. The quantitative estimate of drug-likeness (QED) is 0.850. The second-order valence-corrected chi connectivity index (χ2v) is 5.69. The third kappa shape index (κ3) is 3.79. The van der Waals surface area contributed by atoms with Gasteiger partial charge in [0.1, 0.15) is 9.88 Å². The van der Waals surface area contributed by atoms with E-state index in [-0.39, 0.29) is 32.2 Å². The van der Waals surface area contributed by atoms with Gasteiger partial charge in [0.15, 0.2) is 0 Å². The lowest BCUT2D eigenvalue weighted by Gasteiger charge is -2.19. The normalized spacial score (nSPS) is 10.6. The van der Waals surface area contributed by atoms with Crippen LogP contribution in [0.3, 0.4) is 0 Å². The summed E-state index contributed by atoms with van der Waals surface area (Å²) in [4.78, 5) is 18.4. The minimum absolute atomic E-state index is 0.151. The number of hydrogen-bond donors (Lipinski definition) is 2. The van der Waals surface area contributed by atoms with Crippen molar-refractivity contribution in [1.29, 1.82) is 0 Å². The average molecular weight is 327 g/mol. The summed E-state index contributed by atoms with van der Waals surface area (Å²) in [6.45, 7) is 0.0568. The molecule has 0 radical (unpaired) electrons. The van der Waals surface area contributed by atoms with Gasteiger partial charge in [0.2, 0.25) is 0 Å². The fourth-order valence-corrected chi connectivity index (χ4v) is 3.05. The zero-order valence-corrected chi connectivity index (χ0v) is 12.8. The van der Waals surface area contributed by atoms with Crippen LogP contribution in [0.2, 0.25) is 5.02 Å². The molecule has 0 aliphatic heterocycles. The molecule has 1 aromatic carbocycles. The maximum Gasteiger partial charge on any atom is 0.265 e. The highest BCUT2D eigenvalue weighted by Gasteiger charge is 2.18. The molecule has 0 aliphatic carbocycles. The van der Waals surface area contributed by atoms with Gasteiger partial charge in [-0.05, 0) is 6.07 Å². The van der Waals surface area contributed by atoms with Crippen LogP contribution in [-0.4, -0.2) is 52.3 Å². The first-order valence-electron chi connectivity index (χ1n) is 6.39. The number of amides is 1. The van der Waals surface area contributed by atoms with Crippen molar-refractivity contribution < 1.29 is 15.0 Å². The van der Waals surface area contributed by atoms with Crippen LogP contribution in [0.25, 0.3) is 10.6 Å². The van der Waals surface area contributed by atoms with E-state index in [0.717, 1.165) is 5.56 Å². The summed E-state index contributed by atoms with van der Waals surface area (Å²) >= 11 is 7.35. The average Bonchev–Trinajstić information content (AvgIpc) is 2.96. The smallest absolute Gasteiger partial charge is 0.265 e. The number of nitrogens with zero attached hydrogens (tertiary/aromatic N) is 2. The minimum atomic E-state index is -0.256. The standard InChI is InChI=1S/C14H15ClN2O3S/c15-11-4-2-1-3-10(11)13-16-9-12(21-13)14(20)17(5-7-18)6-8-19/h1-4,9,18-19H,5-8H2. The molecule has 2 rings (SSSR count). The third-order valence-electron chi connectivity index (χ3n) is 2.85. The van der Waals surface area contributed by atoms with E-state index < -0.39 is 0 Å². The molecule has 1 amide bonds. The molecule has 1 aromatic heterocycles. The lowest BCUT2D eigenvalue weighted by Crippen LogP contribution is -2.35. The van der Waals surface area contributed by atoms with E-state index >= 15 is 0 Å². The number of rotatable bonds is 6. The molecular formula is C14H15ClN2O3S. The second-order valence-electron chi connectivity index (χ2n) is 4.25. The molecule has 0 spiro atoms. The number of halogens is 1. The molecule has 0 atom stereocenters. The highest BCUT2D eigenvalue weighted by molar-refractivity contribution is 7.17. The molecule has 0 bridgehead atoms. The molecule has 0 fully saturated rings. The van der Waals surface area contributed by atoms with Gasteiger partial charge in [-0.25, -0.2) is 4.98 Å². The molecule has 5 nitrogen and oxygen atoms in total. The zero-order chi connectivity index (χ0) is 15.2. The number of aromatic nitrogens is 1. The molecule has 112 valence electrons. The van der Waals surface area contributed by atoms with Crippen LogP contribution >= 0.6 is 22.9 Å². The van der Waals surface area contributed by atoms with Gasteiger partial charge >= 0.3 is 0 Å². The first kappa shape index (κ1) is 15.9. The summed E-state index contributed by atoms with van der Waals surface area (Å²) in [5.74, 6) is -0.256. The molecule has 1 heterocycles. The Hall–Kier alpha value is -1.47. The lowest BCUT2D eigenvalue weighted by molar-refractivity contribution is 0.0689. The van der Waals surface area contributed by atoms with Crippen molar-refractivity contribution in [2.24, 2.45) is 0 Å². The van der Waals surface area contributed by atoms with Crippen molar-refractivity contribution in [3.63, 3.8) is 0 Å². The fraction of sp³-hybridized carbons (Fsp3) is 0.286. The Balaban J connectivity index is 2.23. The van der Waals surface area contributed by atoms with Crippen molar-refractivity contribution in [2.75, 3.05) is 26.3 Å². The van der Waals surface area contributed by atoms with Crippen molar-refractivity contribution in [1.82, 2.24) is 9.88 Å². The highest BCUT2D eigenvalue weighted by Crippen LogP contribution is 2.31. The zero-order valence-electron chi connectivity index (χ0n) is 11.2. The number of carbonyl (C=O) groups is 1. The number of aliphatic hydroxyl groups excluding tert-OH is 2. The Kier molecular flexibility index (Phi) is 5.69. The summed E-state index contributed by atoms with van der Waals surface area (Å²) in [6, 6.07) is 7.29. The summed E-state index contributed by atoms with van der Waals surface area (Å²) in [5, 5.41) is 19.2. The van der Waals surface area contributed by atoms with E-state index in [1.807, 2.05) is 18.2 Å². The first-order valence-corrected chi connectivity index (χ1v) is 7.58. The van der Waals surface area contributed by atoms with Crippen LogP contribution in [0, 0.1) is 0 Å². The number of aliphatic hydroxyl groups is 2. The predicted octanol–water partition coefficient (Wildman–Crippen LogP) is 1.89. The number of hydrogen-bond acceptors (Lipinski definition) is 5. The molecule has 2 N–H and O–H groups in total. The van der Waals surface area contributed by atoms with Crippen LogP contribution in [0.4, 0.5) is 0 Å². The Bertz CT molecular complexity index is 612. The molecular weight excluding hydrogens is 312 g/mol. The Morgan fingerprint density at radius 2 is 1.90 bits per heavy atom. The van der Waals surface area contributed by atoms with Crippen LogP contribution < -0.4 is 0 Å². The molecule has 0 aliphatic rings. The van der Waals surface area contributed by atoms with Crippen LogP contribution in [0.5, 0.6) is 0 Å². The summed E-state index contributed by atoms with van der Waals surface area (Å²) in [7, 11) is 0. The van der Waals surface area contributed by atoms with Gasteiger partial charge < -0.3 is 15.1 Å². The van der Waals surface area contributed by atoms with Crippen molar-refractivity contribution >= 4 is 28.8 Å². The lowest BCUT2D eigenvalue weighted by atomic mass is 10.2. The van der Waals surface area contributed by atoms with Gasteiger partial charge in [-0.3, -0.25) is 4.79 Å². The summed E-state index contributed by atoms with van der Waals surface area (Å²) in [6.07, 6.45) is 1.49. The van der Waals surface area contributed by atoms with Crippen molar-refractivity contribution in [2.45, 2.75) is 0 Å². The third-order valence-corrected chi connectivity index (χ3v) is 4.20. The van der Waals surface area contributed by atoms with Crippen LogP contribution in [0.15, 0.2) is 30.5 Å². The van der Waals surface area contributed by atoms with Crippen molar-refractivity contribution in [3.8, 4) is 10.6 Å². The summed E-state index contributed by atoms with van der Waals surface area (Å²) < 4.78 is 0. The van der Waals surface area contributed by atoms with Gasteiger partial charge in [-0.1, -0.05) is 29.8 Å². The van der Waals surface area contributed by atoms with E-state index in [9.17, 15) is 4.79 Å². The summed E-state index contributed by atoms with van der Waals surface area (Å²) in [5.41, 5.74) is 0.777. The molecule has 0 saturated heterocycles. The van der Waals surface area contributed by atoms with Crippen molar-refractivity contribution in [3.05, 3.63) is 40.4 Å². The van der Waals surface area contributed by atoms with E-state index in [0.29, 0.717) is 14.9 Å². The molecule has 2 aromatic rings. The van der Waals surface area contributed by atoms with Gasteiger partial charge in [0.25, 0.3) is 5.91 Å². The number of carbonyl (C=O) groups excluding carboxylic acids is 1. The fourth-order valence-electron chi connectivity index (χ4n) is 1.84. The SMILES string of the molecule is O=C(c1cnc(-c2ccccc2Cl)s1)N(CCO)CCO. The number of thiazole rings is 1. The Labute approximate surface area is 131 Å². The van der Waals surface area contributed by atoms with E-state index in [2.05, 4.69) is 4.98 Å². The number of benzene rings is 1. The van der Waals surface area contributed by atoms with E-state index in [4.69, 9.17) is 21.8 Å². The molecule has 0 saturated carbocycles. The Morgan fingerprint density at radius 1 is 1.24 bits per heavy atom. The molecule has 0 unspecified atom stereocenters. The molecule has 21 heavy (non-hydrogen) atoms. The Morgan fingerprint density at radius 3 is 2.52 bits per heavy atom. The van der Waals surface area contributed by atoms with E-state index in [1.54, 1.807) is 6.07 Å². The molecule has 7 heteroatoms. The van der Waals surface area contributed by atoms with Gasteiger partial charge in [-0.15, -0.1) is 11.3 Å². The monoisotopic (exact) mass is 326 g/mol. The topological polar surface area (TPSA) is 73.7 Å². The van der Waals surface area contributed by atoms with Gasteiger partial charge in [-0.2, -0.15) is 0 Å². The van der Waals surface area contributed by atoms with Gasteiger partial charge in [0.05, 0.1) is 24.4 Å². The van der Waals surface area contributed by atoms with Crippen LogP contribution in [0.1, 0.15) is 9.67 Å². The first-order chi connectivity index (χ1) is 10.2. The maximum atomic E-state index is 12.3. The highest BCUT2D eigenvalue weighted by atomic mass is 35.5. The minimum Gasteiger partial charge on any atom is -0.395 e. The van der Waals surface area contributed by atoms with E-state index in [1.165, 1.54) is 22.4 Å². The van der Waals surface area contributed by atoms with Gasteiger partial charge in [0, 0.05) is 18.7 Å². The largest absolute Gasteiger partial charge is 0.395 e. The van der Waals surface area contributed by atoms with Crippen LogP contribution in [-0.2, 0) is 0 Å². The second kappa shape index (κ2) is 7.51. The maximum absolute atomic E-state index is 12.3.